The van der Waals surface area contributed by atoms with Gasteiger partial charge in [-0.2, -0.15) is 0 Å². The number of ether oxygens (including phenoxy) is 3. The van der Waals surface area contributed by atoms with Crippen molar-refractivity contribution < 1.29 is 23.8 Å². The molecule has 0 N–H and O–H groups in total. The van der Waals surface area contributed by atoms with Gasteiger partial charge in [-0.3, -0.25) is 14.6 Å². The van der Waals surface area contributed by atoms with Crippen LogP contribution >= 0.6 is 0 Å². The van der Waals surface area contributed by atoms with Gasteiger partial charge >= 0.3 is 6.03 Å². The zero-order chi connectivity index (χ0) is 22.3. The smallest absolute Gasteiger partial charge is 0.327 e. The molecule has 32 heavy (non-hydrogen) atoms. The van der Waals surface area contributed by atoms with Crippen molar-refractivity contribution in [1.29, 1.82) is 0 Å². The predicted octanol–water partition coefficient (Wildman–Crippen LogP) is 2.85. The summed E-state index contributed by atoms with van der Waals surface area (Å²) < 4.78 is 16.0. The Hall–Kier alpha value is -3.26. The number of benzene rings is 2. The van der Waals surface area contributed by atoms with E-state index < -0.39 is 5.54 Å². The molecule has 0 saturated carbocycles. The van der Waals surface area contributed by atoms with E-state index in [2.05, 4.69) is 4.90 Å². The summed E-state index contributed by atoms with van der Waals surface area (Å²) in [6.45, 7) is 2.80. The van der Waals surface area contributed by atoms with Crippen LogP contribution in [0.25, 0.3) is 0 Å². The lowest BCUT2D eigenvalue weighted by atomic mass is 9.86. The molecule has 0 aliphatic carbocycles. The van der Waals surface area contributed by atoms with Crippen molar-refractivity contribution in [3.63, 3.8) is 0 Å². The van der Waals surface area contributed by atoms with Gasteiger partial charge < -0.3 is 19.1 Å². The number of amides is 3. The Balaban J connectivity index is 1.25. The van der Waals surface area contributed by atoms with E-state index in [9.17, 15) is 9.59 Å². The van der Waals surface area contributed by atoms with Crippen LogP contribution in [-0.4, -0.2) is 66.2 Å². The number of piperidine rings is 1. The monoisotopic (exact) mass is 437 g/mol. The molecule has 2 aromatic rings. The Labute approximate surface area is 187 Å². The number of hydrogen-bond donors (Lipinski definition) is 0. The molecule has 0 bridgehead atoms. The summed E-state index contributed by atoms with van der Waals surface area (Å²) in [6.07, 6.45) is 1.25. The number of rotatable bonds is 5. The Morgan fingerprint density at radius 3 is 2.34 bits per heavy atom. The molecular formula is C24H27N3O5. The SMILES string of the molecule is COc1ccc(CN2C(=O)N(C)C3(CCN(Cc4ccc5c(c4)OCO5)CC3)C2=O)cc1. The fourth-order valence-electron chi connectivity index (χ4n) is 4.83. The Morgan fingerprint density at radius 1 is 0.938 bits per heavy atom. The highest BCUT2D eigenvalue weighted by Gasteiger charge is 2.56. The molecule has 2 saturated heterocycles. The van der Waals surface area contributed by atoms with Gasteiger partial charge in [0.05, 0.1) is 13.7 Å². The van der Waals surface area contributed by atoms with E-state index >= 15 is 0 Å². The zero-order valence-electron chi connectivity index (χ0n) is 18.4. The maximum Gasteiger partial charge on any atom is 0.327 e. The molecule has 0 radical (unpaired) electrons. The highest BCUT2D eigenvalue weighted by Crippen LogP contribution is 2.38. The van der Waals surface area contributed by atoms with Crippen LogP contribution in [0, 0.1) is 0 Å². The fourth-order valence-corrected chi connectivity index (χ4v) is 4.83. The van der Waals surface area contributed by atoms with E-state index in [4.69, 9.17) is 14.2 Å². The first-order valence-electron chi connectivity index (χ1n) is 10.8. The summed E-state index contributed by atoms with van der Waals surface area (Å²) in [5.74, 6) is 2.21. The fraction of sp³-hybridized carbons (Fsp3) is 0.417. The van der Waals surface area contributed by atoms with E-state index in [1.54, 1.807) is 19.1 Å². The number of likely N-dealkylation sites (tertiary alicyclic amines) is 1. The van der Waals surface area contributed by atoms with Crippen molar-refractivity contribution in [2.45, 2.75) is 31.5 Å². The largest absolute Gasteiger partial charge is 0.497 e. The molecule has 8 heteroatoms. The van der Waals surface area contributed by atoms with E-state index in [0.29, 0.717) is 12.8 Å². The third-order valence-corrected chi connectivity index (χ3v) is 6.83. The van der Waals surface area contributed by atoms with Gasteiger partial charge in [0.2, 0.25) is 6.79 Å². The normalized spacial score (nSPS) is 19.8. The van der Waals surface area contributed by atoms with Crippen LogP contribution in [-0.2, 0) is 17.9 Å². The lowest BCUT2D eigenvalue weighted by molar-refractivity contribution is -0.135. The summed E-state index contributed by atoms with van der Waals surface area (Å²) in [6, 6.07) is 13.2. The average molecular weight is 437 g/mol. The van der Waals surface area contributed by atoms with Crippen molar-refractivity contribution in [3.05, 3.63) is 53.6 Å². The number of urea groups is 1. The van der Waals surface area contributed by atoms with E-state index in [0.717, 1.165) is 48.0 Å². The molecule has 3 aliphatic rings. The lowest BCUT2D eigenvalue weighted by Gasteiger charge is -2.40. The summed E-state index contributed by atoms with van der Waals surface area (Å²) >= 11 is 0. The van der Waals surface area contributed by atoms with Crippen molar-refractivity contribution in [2.75, 3.05) is 34.0 Å². The van der Waals surface area contributed by atoms with Crippen LogP contribution in [0.15, 0.2) is 42.5 Å². The molecule has 8 nitrogen and oxygen atoms in total. The maximum atomic E-state index is 13.4. The van der Waals surface area contributed by atoms with Gasteiger partial charge in [-0.05, 0) is 48.2 Å². The standard InChI is InChI=1S/C24H27N3O5/c1-25-23(29)27(15-17-3-6-19(30-2)7-4-17)22(28)24(25)9-11-26(12-10-24)14-18-5-8-20-21(13-18)32-16-31-20/h3-8,13H,9-12,14-16H2,1-2H3. The number of methoxy groups -OCH3 is 1. The van der Waals surface area contributed by atoms with Crippen molar-refractivity contribution in [1.82, 2.24) is 14.7 Å². The third kappa shape index (κ3) is 3.44. The number of carbonyl (C=O) groups is 2. The average Bonchev–Trinajstić information content (AvgIpc) is 3.35. The molecule has 168 valence electrons. The van der Waals surface area contributed by atoms with Crippen LogP contribution in [0.1, 0.15) is 24.0 Å². The summed E-state index contributed by atoms with van der Waals surface area (Å²) in [5, 5.41) is 0. The van der Waals surface area contributed by atoms with E-state index in [1.165, 1.54) is 4.90 Å². The highest BCUT2D eigenvalue weighted by atomic mass is 16.7. The maximum absolute atomic E-state index is 13.4. The quantitative estimate of drug-likeness (QED) is 0.670. The number of fused-ring (bicyclic) bond motifs is 1. The molecule has 3 amide bonds. The van der Waals surface area contributed by atoms with Gasteiger partial charge in [-0.25, -0.2) is 4.79 Å². The van der Waals surface area contributed by atoms with Gasteiger partial charge in [-0.15, -0.1) is 0 Å². The molecule has 0 unspecified atom stereocenters. The Kier molecular flexibility index (Phi) is 5.17. The minimum Gasteiger partial charge on any atom is -0.497 e. The van der Waals surface area contributed by atoms with Gasteiger partial charge in [0.15, 0.2) is 11.5 Å². The molecule has 0 aromatic heterocycles. The van der Waals surface area contributed by atoms with E-state index in [-0.39, 0.29) is 25.3 Å². The van der Waals surface area contributed by atoms with Crippen LogP contribution in [0.4, 0.5) is 4.79 Å². The lowest BCUT2D eigenvalue weighted by Crippen LogP contribution is -2.55. The second kappa shape index (κ2) is 8.02. The van der Waals surface area contributed by atoms with Crippen molar-refractivity contribution in [3.8, 4) is 17.2 Å². The number of hydrogen-bond acceptors (Lipinski definition) is 6. The topological polar surface area (TPSA) is 71.6 Å². The second-order valence-electron chi connectivity index (χ2n) is 8.58. The molecule has 5 rings (SSSR count). The van der Waals surface area contributed by atoms with E-state index in [1.807, 2.05) is 42.5 Å². The molecule has 1 spiro atoms. The Bertz CT molecular complexity index is 1030. The first kappa shape index (κ1) is 20.6. The number of nitrogens with zero attached hydrogens (tertiary/aromatic N) is 3. The number of carbonyl (C=O) groups excluding carboxylic acids is 2. The minimum absolute atomic E-state index is 0.0939. The summed E-state index contributed by atoms with van der Waals surface area (Å²) in [4.78, 5) is 31.7. The molecule has 2 fully saturated rings. The van der Waals surface area contributed by atoms with Gasteiger partial charge in [-0.1, -0.05) is 18.2 Å². The van der Waals surface area contributed by atoms with Crippen LogP contribution in [0.3, 0.4) is 0 Å². The molecule has 3 aliphatic heterocycles. The zero-order valence-corrected chi connectivity index (χ0v) is 18.4. The number of imide groups is 1. The highest BCUT2D eigenvalue weighted by molar-refractivity contribution is 6.06. The third-order valence-electron chi connectivity index (χ3n) is 6.83. The first-order chi connectivity index (χ1) is 15.5. The van der Waals surface area contributed by atoms with Crippen molar-refractivity contribution in [2.24, 2.45) is 0 Å². The molecule has 3 heterocycles. The Morgan fingerprint density at radius 2 is 1.62 bits per heavy atom. The van der Waals surface area contributed by atoms with Gasteiger partial charge in [0.25, 0.3) is 5.91 Å². The van der Waals surface area contributed by atoms with Crippen LogP contribution < -0.4 is 14.2 Å². The minimum atomic E-state index is -0.755. The van der Waals surface area contributed by atoms with Gasteiger partial charge in [0, 0.05) is 26.7 Å². The van der Waals surface area contributed by atoms with Crippen LogP contribution in [0.2, 0.25) is 0 Å². The number of likely N-dealkylation sites (N-methyl/N-ethyl adjacent to an activating group) is 1. The molecule has 0 atom stereocenters. The van der Waals surface area contributed by atoms with Crippen LogP contribution in [0.5, 0.6) is 17.2 Å². The molecular weight excluding hydrogens is 410 g/mol. The van der Waals surface area contributed by atoms with Gasteiger partial charge in [0.1, 0.15) is 11.3 Å². The summed E-state index contributed by atoms with van der Waals surface area (Å²) in [7, 11) is 3.36. The second-order valence-corrected chi connectivity index (χ2v) is 8.58. The molecule has 2 aromatic carbocycles. The van der Waals surface area contributed by atoms with Crippen molar-refractivity contribution >= 4 is 11.9 Å². The summed E-state index contributed by atoms with van der Waals surface area (Å²) in [5.41, 5.74) is 1.29. The first-order valence-corrected chi connectivity index (χ1v) is 10.8. The predicted molar refractivity (Wildman–Crippen MR) is 117 cm³/mol.